The molecule has 0 radical (unpaired) electrons. The monoisotopic (exact) mass is 203 g/mol. The highest BCUT2D eigenvalue weighted by molar-refractivity contribution is 8.03. The van der Waals surface area contributed by atoms with Crippen LogP contribution in [0.25, 0.3) is 0 Å². The molecule has 0 aromatic heterocycles. The van der Waals surface area contributed by atoms with Crippen molar-refractivity contribution in [3.63, 3.8) is 0 Å². The van der Waals surface area contributed by atoms with Crippen LogP contribution in [0.2, 0.25) is 10.0 Å². The van der Waals surface area contributed by atoms with Gasteiger partial charge < -0.3 is 0 Å². The number of nitriles is 1. The van der Waals surface area contributed by atoms with Gasteiger partial charge in [-0.3, -0.25) is 0 Å². The Hall–Kier alpha value is -0.360. The Labute approximate surface area is 78.9 Å². The van der Waals surface area contributed by atoms with Gasteiger partial charge in [-0.1, -0.05) is 23.2 Å². The lowest BCUT2D eigenvalue weighted by molar-refractivity contribution is 1.47. The van der Waals surface area contributed by atoms with Crippen LogP contribution in [0.3, 0.4) is 0 Å². The predicted octanol–water partition coefficient (Wildman–Crippen LogP) is 3.57. The van der Waals surface area contributed by atoms with E-state index in [1.807, 2.05) is 5.40 Å². The van der Waals surface area contributed by atoms with Crippen molar-refractivity contribution in [1.82, 2.24) is 0 Å². The van der Waals surface area contributed by atoms with Crippen LogP contribution in [0.4, 0.5) is 0 Å². The fourth-order valence-electron chi connectivity index (χ4n) is 0.607. The molecule has 1 rings (SSSR count). The van der Waals surface area contributed by atoms with Crippen molar-refractivity contribution in [1.29, 1.82) is 5.26 Å². The Bertz CT molecular complexity index is 306. The first-order valence-electron chi connectivity index (χ1n) is 2.75. The number of thiocyanates is 1. The minimum atomic E-state index is 0.518. The second-order valence-electron chi connectivity index (χ2n) is 1.77. The molecule has 0 heterocycles. The first kappa shape index (κ1) is 8.73. The van der Waals surface area contributed by atoms with Gasteiger partial charge in [0.25, 0.3) is 0 Å². The van der Waals surface area contributed by atoms with Crippen molar-refractivity contribution in [3.8, 4) is 5.40 Å². The summed E-state index contributed by atoms with van der Waals surface area (Å²) in [6.07, 6.45) is 0. The molecule has 0 bridgehead atoms. The fourth-order valence-corrected chi connectivity index (χ4v) is 1.52. The Balaban J connectivity index is 3.01. The molecule has 0 unspecified atom stereocenters. The summed E-state index contributed by atoms with van der Waals surface area (Å²) in [6, 6.07) is 5.04. The maximum atomic E-state index is 8.33. The van der Waals surface area contributed by atoms with E-state index in [-0.39, 0.29) is 0 Å². The lowest BCUT2D eigenvalue weighted by atomic mass is 10.4. The van der Waals surface area contributed by atoms with E-state index in [4.69, 9.17) is 28.5 Å². The van der Waals surface area contributed by atoms with Gasteiger partial charge in [0.1, 0.15) is 5.40 Å². The minimum absolute atomic E-state index is 0.518. The van der Waals surface area contributed by atoms with E-state index in [1.165, 1.54) is 0 Å². The smallest absolute Gasteiger partial charge is 0.138 e. The third-order valence-corrected chi connectivity index (χ3v) is 2.38. The summed E-state index contributed by atoms with van der Waals surface area (Å²) < 4.78 is 0. The van der Waals surface area contributed by atoms with Crippen molar-refractivity contribution in [2.24, 2.45) is 0 Å². The molecule has 4 heteroatoms. The Morgan fingerprint density at radius 1 is 1.36 bits per heavy atom. The van der Waals surface area contributed by atoms with Crippen LogP contribution in [0.5, 0.6) is 0 Å². The highest BCUT2D eigenvalue weighted by Crippen LogP contribution is 2.28. The lowest BCUT2D eigenvalue weighted by Gasteiger charge is -1.96. The topological polar surface area (TPSA) is 23.8 Å². The second kappa shape index (κ2) is 3.87. The molecule has 0 N–H and O–H groups in total. The maximum Gasteiger partial charge on any atom is 0.138 e. The van der Waals surface area contributed by atoms with Crippen LogP contribution in [0.15, 0.2) is 23.1 Å². The summed E-state index contributed by atoms with van der Waals surface area (Å²) in [4.78, 5) is 0.735. The SMILES string of the molecule is N#CSc1ccc(Cl)cc1Cl. The van der Waals surface area contributed by atoms with Crippen molar-refractivity contribution < 1.29 is 0 Å². The van der Waals surface area contributed by atoms with Crippen LogP contribution in [0.1, 0.15) is 0 Å². The molecule has 0 aliphatic carbocycles. The van der Waals surface area contributed by atoms with E-state index < -0.39 is 0 Å². The molecule has 0 amide bonds. The molecule has 56 valence electrons. The van der Waals surface area contributed by atoms with Gasteiger partial charge in [-0.25, -0.2) is 0 Å². The summed E-state index contributed by atoms with van der Waals surface area (Å²) in [6.45, 7) is 0. The van der Waals surface area contributed by atoms with Gasteiger partial charge in [0.15, 0.2) is 0 Å². The molecule has 11 heavy (non-hydrogen) atoms. The molecule has 0 aliphatic rings. The fraction of sp³-hybridized carbons (Fsp3) is 0. The summed E-state index contributed by atoms with van der Waals surface area (Å²) in [5, 5.41) is 11.4. The number of thioether (sulfide) groups is 1. The van der Waals surface area contributed by atoms with Crippen molar-refractivity contribution in [3.05, 3.63) is 28.2 Å². The molecule has 0 saturated carbocycles. The number of hydrogen-bond acceptors (Lipinski definition) is 2. The van der Waals surface area contributed by atoms with Gasteiger partial charge in [0, 0.05) is 9.92 Å². The van der Waals surface area contributed by atoms with E-state index in [1.54, 1.807) is 18.2 Å². The van der Waals surface area contributed by atoms with Crippen molar-refractivity contribution >= 4 is 35.0 Å². The molecule has 1 nitrogen and oxygen atoms in total. The Morgan fingerprint density at radius 3 is 2.64 bits per heavy atom. The first-order valence-corrected chi connectivity index (χ1v) is 4.32. The van der Waals surface area contributed by atoms with E-state index in [0.717, 1.165) is 16.7 Å². The third-order valence-electron chi connectivity index (χ3n) is 1.05. The maximum absolute atomic E-state index is 8.33. The molecular weight excluding hydrogens is 201 g/mol. The van der Waals surface area contributed by atoms with Gasteiger partial charge in [-0.05, 0) is 30.0 Å². The number of nitrogens with zero attached hydrogens (tertiary/aromatic N) is 1. The summed E-state index contributed by atoms with van der Waals surface area (Å²) in [5.74, 6) is 0. The third kappa shape index (κ3) is 2.30. The molecule has 0 aliphatic heterocycles. The van der Waals surface area contributed by atoms with E-state index >= 15 is 0 Å². The quantitative estimate of drug-likeness (QED) is 0.515. The van der Waals surface area contributed by atoms with Gasteiger partial charge in [-0.2, -0.15) is 5.26 Å². The van der Waals surface area contributed by atoms with Crippen LogP contribution in [-0.2, 0) is 0 Å². The van der Waals surface area contributed by atoms with Crippen molar-refractivity contribution in [2.75, 3.05) is 0 Å². The van der Waals surface area contributed by atoms with E-state index in [9.17, 15) is 0 Å². The number of benzene rings is 1. The van der Waals surface area contributed by atoms with Crippen molar-refractivity contribution in [2.45, 2.75) is 4.90 Å². The average molecular weight is 204 g/mol. The minimum Gasteiger partial charge on any atom is -0.185 e. The van der Waals surface area contributed by atoms with Gasteiger partial charge in [0.2, 0.25) is 0 Å². The predicted molar refractivity (Wildman–Crippen MR) is 47.9 cm³/mol. The lowest BCUT2D eigenvalue weighted by Crippen LogP contribution is -1.71. The molecular formula is C7H3Cl2NS. The van der Waals surface area contributed by atoms with E-state index in [2.05, 4.69) is 0 Å². The number of rotatable bonds is 1. The normalized spacial score (nSPS) is 9.18. The van der Waals surface area contributed by atoms with Crippen LogP contribution < -0.4 is 0 Å². The van der Waals surface area contributed by atoms with Gasteiger partial charge >= 0.3 is 0 Å². The van der Waals surface area contributed by atoms with Gasteiger partial charge in [-0.15, -0.1) is 0 Å². The zero-order valence-electron chi connectivity index (χ0n) is 5.34. The molecule has 0 spiro atoms. The highest BCUT2D eigenvalue weighted by atomic mass is 35.5. The number of halogens is 2. The zero-order chi connectivity index (χ0) is 8.27. The molecule has 0 fully saturated rings. The summed E-state index contributed by atoms with van der Waals surface area (Å²) >= 11 is 12.4. The Morgan fingerprint density at radius 2 is 2.09 bits per heavy atom. The number of hydrogen-bond donors (Lipinski definition) is 0. The van der Waals surface area contributed by atoms with E-state index in [0.29, 0.717) is 10.0 Å². The molecule has 0 atom stereocenters. The summed E-state index contributed by atoms with van der Waals surface area (Å²) in [7, 11) is 0. The molecule has 1 aromatic carbocycles. The Kier molecular flexibility index (Phi) is 3.07. The van der Waals surface area contributed by atoms with Gasteiger partial charge in [0.05, 0.1) is 5.02 Å². The zero-order valence-corrected chi connectivity index (χ0v) is 7.67. The summed E-state index contributed by atoms with van der Waals surface area (Å²) in [5.41, 5.74) is 0. The second-order valence-corrected chi connectivity index (χ2v) is 3.44. The standard InChI is InChI=1S/C7H3Cl2NS/c8-5-1-2-7(11-4-10)6(9)3-5/h1-3H. The highest BCUT2D eigenvalue weighted by Gasteiger charge is 1.99. The molecule has 1 aromatic rings. The average Bonchev–Trinajstić information content (AvgIpc) is 1.95. The largest absolute Gasteiger partial charge is 0.185 e. The van der Waals surface area contributed by atoms with Crippen LogP contribution in [-0.4, -0.2) is 0 Å². The van der Waals surface area contributed by atoms with Crippen LogP contribution in [0, 0.1) is 10.7 Å². The van der Waals surface area contributed by atoms with Crippen LogP contribution >= 0.6 is 35.0 Å². The first-order chi connectivity index (χ1) is 5.24. The molecule has 0 saturated heterocycles.